The maximum atomic E-state index is 12.9. The van der Waals surface area contributed by atoms with Crippen molar-refractivity contribution in [1.29, 1.82) is 0 Å². The largest absolute Gasteiger partial charge is 0.497 e. The predicted molar refractivity (Wildman–Crippen MR) is 139 cm³/mol. The van der Waals surface area contributed by atoms with Crippen LogP contribution in [0.25, 0.3) is 16.8 Å². The number of methoxy groups -OCH3 is 1. The quantitative estimate of drug-likeness (QED) is 0.217. The van der Waals surface area contributed by atoms with Crippen molar-refractivity contribution >= 4 is 51.3 Å². The Morgan fingerprint density at radius 1 is 0.914 bits per heavy atom. The molecule has 4 aromatic carbocycles. The van der Waals surface area contributed by atoms with Crippen LogP contribution < -0.4 is 14.8 Å². The molecule has 172 valence electrons. The van der Waals surface area contributed by atoms with E-state index in [1.54, 1.807) is 37.5 Å². The van der Waals surface area contributed by atoms with Crippen molar-refractivity contribution in [3.63, 3.8) is 0 Å². The van der Waals surface area contributed by atoms with Gasteiger partial charge in [-0.2, -0.15) is 0 Å². The van der Waals surface area contributed by atoms with E-state index in [4.69, 9.17) is 9.47 Å². The molecule has 1 fully saturated rings. The van der Waals surface area contributed by atoms with Gasteiger partial charge < -0.3 is 14.8 Å². The van der Waals surface area contributed by atoms with Crippen molar-refractivity contribution in [2.24, 2.45) is 4.99 Å². The maximum absolute atomic E-state index is 12.9. The van der Waals surface area contributed by atoms with Crippen LogP contribution in [0.2, 0.25) is 0 Å². The molecule has 0 aliphatic carbocycles. The van der Waals surface area contributed by atoms with Gasteiger partial charge >= 0.3 is 5.97 Å². The molecular formula is C28H20N2O4S. The minimum absolute atomic E-state index is 0.236. The molecule has 1 aliphatic rings. The molecule has 0 atom stereocenters. The Kier molecular flexibility index (Phi) is 6.32. The Balaban J connectivity index is 1.33. The Morgan fingerprint density at radius 3 is 2.51 bits per heavy atom. The van der Waals surface area contributed by atoms with Gasteiger partial charge in [-0.1, -0.05) is 48.5 Å². The van der Waals surface area contributed by atoms with Gasteiger partial charge in [-0.15, -0.1) is 0 Å². The first-order chi connectivity index (χ1) is 17.1. The summed E-state index contributed by atoms with van der Waals surface area (Å²) in [6, 6.07) is 27.5. The van der Waals surface area contributed by atoms with E-state index in [-0.39, 0.29) is 5.91 Å². The number of carbonyl (C=O) groups is 2. The zero-order valence-electron chi connectivity index (χ0n) is 18.7. The Morgan fingerprint density at radius 2 is 1.69 bits per heavy atom. The smallest absolute Gasteiger partial charge is 0.344 e. The van der Waals surface area contributed by atoms with Crippen molar-refractivity contribution in [3.05, 3.63) is 107 Å². The summed E-state index contributed by atoms with van der Waals surface area (Å²) in [7, 11) is 1.60. The van der Waals surface area contributed by atoms with E-state index in [0.717, 1.165) is 22.1 Å². The van der Waals surface area contributed by atoms with Gasteiger partial charge in [0.2, 0.25) is 0 Å². The zero-order valence-corrected chi connectivity index (χ0v) is 19.5. The number of nitrogens with one attached hydrogen (secondary N) is 1. The lowest BCUT2D eigenvalue weighted by Gasteiger charge is -2.08. The van der Waals surface area contributed by atoms with Gasteiger partial charge in [0, 0.05) is 0 Å². The van der Waals surface area contributed by atoms with Gasteiger partial charge in [0.1, 0.15) is 11.5 Å². The SMILES string of the molecule is COc1ccc(N=C2NC(=O)/C(=C/c3cccc(OC(=O)c4cccc5ccccc45)c3)S2)cc1. The molecule has 0 spiro atoms. The second-order valence-corrected chi connectivity index (χ2v) is 8.70. The number of ether oxygens (including phenoxy) is 2. The summed E-state index contributed by atoms with van der Waals surface area (Å²) < 4.78 is 10.8. The minimum atomic E-state index is -0.437. The summed E-state index contributed by atoms with van der Waals surface area (Å²) in [6.07, 6.45) is 1.74. The molecule has 4 aromatic rings. The van der Waals surface area contributed by atoms with Gasteiger partial charge in [-0.05, 0) is 76.6 Å². The molecule has 0 saturated carbocycles. The Bertz CT molecular complexity index is 1490. The number of amides is 1. The number of fused-ring (bicyclic) bond motifs is 1. The molecule has 5 rings (SSSR count). The lowest BCUT2D eigenvalue weighted by Crippen LogP contribution is -2.19. The van der Waals surface area contributed by atoms with E-state index in [1.165, 1.54) is 11.8 Å². The third-order valence-electron chi connectivity index (χ3n) is 5.33. The van der Waals surface area contributed by atoms with E-state index < -0.39 is 5.97 Å². The van der Waals surface area contributed by atoms with Crippen LogP contribution in [0.1, 0.15) is 15.9 Å². The molecule has 35 heavy (non-hydrogen) atoms. The summed E-state index contributed by atoms with van der Waals surface area (Å²) >= 11 is 1.25. The van der Waals surface area contributed by atoms with Gasteiger partial charge in [-0.3, -0.25) is 4.79 Å². The van der Waals surface area contributed by atoms with Crippen molar-refractivity contribution in [2.75, 3.05) is 7.11 Å². The summed E-state index contributed by atoms with van der Waals surface area (Å²) in [6.45, 7) is 0. The molecule has 1 heterocycles. The number of carbonyl (C=O) groups excluding carboxylic acids is 2. The minimum Gasteiger partial charge on any atom is -0.497 e. The number of amidine groups is 1. The lowest BCUT2D eigenvalue weighted by atomic mass is 10.0. The molecule has 1 aliphatic heterocycles. The summed E-state index contributed by atoms with van der Waals surface area (Å²) in [4.78, 5) is 30.3. The highest BCUT2D eigenvalue weighted by molar-refractivity contribution is 8.18. The molecule has 1 N–H and O–H groups in total. The van der Waals surface area contributed by atoms with Gasteiger partial charge in [0.05, 0.1) is 23.3 Å². The highest BCUT2D eigenvalue weighted by atomic mass is 32.2. The van der Waals surface area contributed by atoms with E-state index in [0.29, 0.717) is 27.1 Å². The Hall–Kier alpha value is -4.36. The van der Waals surface area contributed by atoms with Crippen LogP contribution in [0.5, 0.6) is 11.5 Å². The number of hydrogen-bond donors (Lipinski definition) is 1. The number of rotatable bonds is 5. The number of benzene rings is 4. The fraction of sp³-hybridized carbons (Fsp3) is 0.0357. The van der Waals surface area contributed by atoms with Crippen molar-refractivity contribution in [1.82, 2.24) is 5.32 Å². The second-order valence-electron chi connectivity index (χ2n) is 7.67. The van der Waals surface area contributed by atoms with Crippen LogP contribution in [-0.4, -0.2) is 24.2 Å². The van der Waals surface area contributed by atoms with Gasteiger partial charge in [-0.25, -0.2) is 9.79 Å². The molecule has 0 radical (unpaired) electrons. The van der Waals surface area contributed by atoms with E-state index >= 15 is 0 Å². The summed E-state index contributed by atoms with van der Waals surface area (Å²) in [5, 5.41) is 5.07. The number of esters is 1. The average molecular weight is 481 g/mol. The van der Waals surface area contributed by atoms with Crippen LogP contribution in [0, 0.1) is 0 Å². The molecular weight excluding hydrogens is 460 g/mol. The molecule has 7 heteroatoms. The summed E-state index contributed by atoms with van der Waals surface area (Å²) in [5.74, 6) is 0.459. The standard InChI is InChI=1S/C28H20N2O4S/c1-33-21-14-12-20(13-15-21)29-28-30-26(31)25(35-28)17-18-6-4-9-22(16-18)34-27(32)24-11-5-8-19-7-2-3-10-23(19)24/h2-17H,1H3,(H,29,30,31)/b25-17-. The first-order valence-corrected chi connectivity index (χ1v) is 11.6. The van der Waals surface area contributed by atoms with Crippen molar-refractivity contribution < 1.29 is 19.1 Å². The van der Waals surface area contributed by atoms with E-state index in [9.17, 15) is 9.59 Å². The maximum Gasteiger partial charge on any atom is 0.344 e. The van der Waals surface area contributed by atoms with Crippen LogP contribution in [0.4, 0.5) is 5.69 Å². The fourth-order valence-corrected chi connectivity index (χ4v) is 4.48. The number of hydrogen-bond acceptors (Lipinski definition) is 6. The lowest BCUT2D eigenvalue weighted by molar-refractivity contribution is -0.115. The van der Waals surface area contributed by atoms with E-state index in [2.05, 4.69) is 10.3 Å². The van der Waals surface area contributed by atoms with Gasteiger partial charge in [0.15, 0.2) is 5.17 Å². The number of nitrogens with zero attached hydrogens (tertiary/aromatic N) is 1. The fourth-order valence-electron chi connectivity index (χ4n) is 3.64. The normalized spacial score (nSPS) is 15.4. The third-order valence-corrected chi connectivity index (χ3v) is 6.24. The highest BCUT2D eigenvalue weighted by Crippen LogP contribution is 2.29. The molecule has 0 unspecified atom stereocenters. The highest BCUT2D eigenvalue weighted by Gasteiger charge is 2.24. The van der Waals surface area contributed by atoms with Crippen LogP contribution in [0.3, 0.4) is 0 Å². The number of thioether (sulfide) groups is 1. The summed E-state index contributed by atoms with van der Waals surface area (Å²) in [5.41, 5.74) is 1.94. The zero-order chi connectivity index (χ0) is 24.2. The predicted octanol–water partition coefficient (Wildman–Crippen LogP) is 5.96. The molecule has 6 nitrogen and oxygen atoms in total. The second kappa shape index (κ2) is 9.87. The topological polar surface area (TPSA) is 77.0 Å². The first kappa shape index (κ1) is 22.4. The monoisotopic (exact) mass is 480 g/mol. The van der Waals surface area contributed by atoms with Crippen LogP contribution >= 0.6 is 11.8 Å². The van der Waals surface area contributed by atoms with Gasteiger partial charge in [0.25, 0.3) is 5.91 Å². The molecule has 0 aromatic heterocycles. The van der Waals surface area contributed by atoms with E-state index in [1.807, 2.05) is 66.7 Å². The first-order valence-electron chi connectivity index (χ1n) is 10.8. The molecule has 0 bridgehead atoms. The molecule has 1 amide bonds. The molecule has 1 saturated heterocycles. The average Bonchev–Trinajstić information content (AvgIpc) is 3.22. The third kappa shape index (κ3) is 5.10. The van der Waals surface area contributed by atoms with Crippen molar-refractivity contribution in [2.45, 2.75) is 0 Å². The number of aliphatic imine (C=N–C) groups is 1. The van der Waals surface area contributed by atoms with Crippen LogP contribution in [0.15, 0.2) is 101 Å². The van der Waals surface area contributed by atoms with Crippen molar-refractivity contribution in [3.8, 4) is 11.5 Å². The van der Waals surface area contributed by atoms with Crippen LogP contribution in [-0.2, 0) is 4.79 Å². The Labute approximate surface area is 206 Å².